The molecule has 1 aromatic carbocycles. The Bertz CT molecular complexity index is 940. The lowest BCUT2D eigenvalue weighted by molar-refractivity contribution is 0.624. The van der Waals surface area contributed by atoms with Gasteiger partial charge in [0.05, 0.1) is 0 Å². The van der Waals surface area contributed by atoms with Crippen molar-refractivity contribution in [3.63, 3.8) is 0 Å². The molecular weight excluding hydrogens is 323 g/mol. The van der Waals surface area contributed by atoms with Crippen LogP contribution in [0, 0.1) is 5.82 Å². The van der Waals surface area contributed by atoms with E-state index in [4.69, 9.17) is 0 Å². The second-order valence-corrected chi connectivity index (χ2v) is 6.02. The van der Waals surface area contributed by atoms with Crippen molar-refractivity contribution in [3.8, 4) is 0 Å². The van der Waals surface area contributed by atoms with E-state index >= 15 is 0 Å². The standard InChI is InChI=1S/C17H19FN6O/c1-2-24-16-14(21-17(24)25)15(19-11-20-16)23-9-7-22(8-10-23)13-5-3-12(18)4-6-13/h3-6,11H,2,7-10H2,1H3,(H,21,25). The number of rotatable bonds is 3. The zero-order chi connectivity index (χ0) is 17.4. The Labute approximate surface area is 143 Å². The van der Waals surface area contributed by atoms with Crippen LogP contribution < -0.4 is 15.5 Å². The van der Waals surface area contributed by atoms with Gasteiger partial charge >= 0.3 is 5.69 Å². The minimum atomic E-state index is -0.227. The van der Waals surface area contributed by atoms with Gasteiger partial charge in [-0.2, -0.15) is 0 Å². The van der Waals surface area contributed by atoms with Gasteiger partial charge in [0.25, 0.3) is 0 Å². The van der Waals surface area contributed by atoms with E-state index in [1.54, 1.807) is 16.7 Å². The Morgan fingerprint density at radius 2 is 1.76 bits per heavy atom. The molecule has 25 heavy (non-hydrogen) atoms. The lowest BCUT2D eigenvalue weighted by Gasteiger charge is -2.36. The molecule has 1 N–H and O–H groups in total. The van der Waals surface area contributed by atoms with Crippen molar-refractivity contribution in [1.29, 1.82) is 0 Å². The summed E-state index contributed by atoms with van der Waals surface area (Å²) in [6, 6.07) is 6.56. The van der Waals surface area contributed by atoms with Gasteiger partial charge in [0.15, 0.2) is 11.5 Å². The molecule has 0 unspecified atom stereocenters. The van der Waals surface area contributed by atoms with E-state index in [1.807, 2.05) is 6.92 Å². The van der Waals surface area contributed by atoms with Crippen LogP contribution >= 0.6 is 0 Å². The monoisotopic (exact) mass is 342 g/mol. The maximum Gasteiger partial charge on any atom is 0.327 e. The van der Waals surface area contributed by atoms with Gasteiger partial charge in [0, 0.05) is 38.4 Å². The van der Waals surface area contributed by atoms with E-state index in [0.29, 0.717) is 17.7 Å². The average Bonchev–Trinajstić information content (AvgIpc) is 2.97. The zero-order valence-electron chi connectivity index (χ0n) is 13.9. The second kappa shape index (κ2) is 6.19. The molecule has 0 radical (unpaired) electrons. The number of hydrogen-bond acceptors (Lipinski definition) is 5. The first-order valence-corrected chi connectivity index (χ1v) is 8.36. The van der Waals surface area contributed by atoms with Crippen LogP contribution in [0.25, 0.3) is 11.2 Å². The van der Waals surface area contributed by atoms with Crippen LogP contribution in [0.4, 0.5) is 15.9 Å². The molecule has 1 saturated heterocycles. The van der Waals surface area contributed by atoms with Crippen molar-refractivity contribution in [1.82, 2.24) is 19.5 Å². The number of hydrogen-bond donors (Lipinski definition) is 1. The molecule has 3 heterocycles. The number of aromatic nitrogens is 4. The molecule has 2 aromatic heterocycles. The molecule has 1 aliphatic heterocycles. The van der Waals surface area contributed by atoms with Gasteiger partial charge in [-0.15, -0.1) is 0 Å². The van der Waals surface area contributed by atoms with E-state index in [9.17, 15) is 9.18 Å². The van der Waals surface area contributed by atoms with Gasteiger partial charge < -0.3 is 14.8 Å². The molecule has 0 aliphatic carbocycles. The molecule has 1 aliphatic rings. The van der Waals surface area contributed by atoms with Crippen LogP contribution in [-0.2, 0) is 6.54 Å². The molecule has 7 nitrogen and oxygen atoms in total. The van der Waals surface area contributed by atoms with Crippen LogP contribution in [0.1, 0.15) is 6.92 Å². The third-order valence-electron chi connectivity index (χ3n) is 4.63. The first-order valence-electron chi connectivity index (χ1n) is 8.36. The highest BCUT2D eigenvalue weighted by molar-refractivity contribution is 5.83. The van der Waals surface area contributed by atoms with Crippen molar-refractivity contribution in [2.24, 2.45) is 0 Å². The lowest BCUT2D eigenvalue weighted by Crippen LogP contribution is -2.47. The summed E-state index contributed by atoms with van der Waals surface area (Å²) in [4.78, 5) is 27.9. The van der Waals surface area contributed by atoms with Gasteiger partial charge in [-0.05, 0) is 31.2 Å². The van der Waals surface area contributed by atoms with Gasteiger partial charge in [0.2, 0.25) is 0 Å². The fourth-order valence-electron chi connectivity index (χ4n) is 3.32. The van der Waals surface area contributed by atoms with Crippen LogP contribution in [0.5, 0.6) is 0 Å². The molecule has 0 amide bonds. The van der Waals surface area contributed by atoms with Gasteiger partial charge in [-0.3, -0.25) is 4.57 Å². The van der Waals surface area contributed by atoms with Crippen molar-refractivity contribution in [2.45, 2.75) is 13.5 Å². The predicted molar refractivity (Wildman–Crippen MR) is 94.6 cm³/mol. The van der Waals surface area contributed by atoms with Gasteiger partial charge in [0.1, 0.15) is 17.7 Å². The lowest BCUT2D eigenvalue weighted by atomic mass is 10.2. The summed E-state index contributed by atoms with van der Waals surface area (Å²) in [5, 5.41) is 0. The third-order valence-corrected chi connectivity index (χ3v) is 4.63. The van der Waals surface area contributed by atoms with Crippen LogP contribution in [0.15, 0.2) is 35.4 Å². The fraction of sp³-hybridized carbons (Fsp3) is 0.353. The number of aryl methyl sites for hydroxylation is 1. The Balaban J connectivity index is 1.58. The van der Waals surface area contributed by atoms with Crippen LogP contribution in [-0.4, -0.2) is 45.7 Å². The number of halogens is 1. The topological polar surface area (TPSA) is 70.1 Å². The molecular formula is C17H19FN6O. The highest BCUT2D eigenvalue weighted by atomic mass is 19.1. The number of benzene rings is 1. The molecule has 0 atom stereocenters. The Morgan fingerprint density at radius 3 is 2.44 bits per heavy atom. The number of nitrogens with one attached hydrogen (secondary N) is 1. The summed E-state index contributed by atoms with van der Waals surface area (Å²) >= 11 is 0. The normalized spacial score (nSPS) is 15.1. The quantitative estimate of drug-likeness (QED) is 0.783. The van der Waals surface area contributed by atoms with E-state index in [2.05, 4.69) is 24.8 Å². The van der Waals surface area contributed by atoms with Gasteiger partial charge in [-0.25, -0.2) is 19.2 Å². The largest absolute Gasteiger partial charge is 0.368 e. The Kier molecular flexibility index (Phi) is 3.87. The summed E-state index contributed by atoms with van der Waals surface area (Å²) < 4.78 is 14.7. The van der Waals surface area contributed by atoms with E-state index in [1.165, 1.54) is 18.5 Å². The number of imidazole rings is 1. The molecule has 0 spiro atoms. The summed E-state index contributed by atoms with van der Waals surface area (Å²) in [5.74, 6) is 0.531. The number of piperazine rings is 1. The van der Waals surface area contributed by atoms with Crippen LogP contribution in [0.2, 0.25) is 0 Å². The smallest absolute Gasteiger partial charge is 0.327 e. The molecule has 0 saturated carbocycles. The summed E-state index contributed by atoms with van der Waals surface area (Å²) in [5.41, 5.74) is 2.17. The minimum absolute atomic E-state index is 0.163. The van der Waals surface area contributed by atoms with Gasteiger partial charge in [-0.1, -0.05) is 0 Å². The summed E-state index contributed by atoms with van der Waals surface area (Å²) in [7, 11) is 0. The van der Waals surface area contributed by atoms with Crippen LogP contribution in [0.3, 0.4) is 0 Å². The first kappa shape index (κ1) is 15.6. The first-order chi connectivity index (χ1) is 12.2. The minimum Gasteiger partial charge on any atom is -0.368 e. The molecule has 0 bridgehead atoms. The molecule has 4 rings (SSSR count). The number of aromatic amines is 1. The van der Waals surface area contributed by atoms with E-state index in [0.717, 1.165) is 37.7 Å². The summed E-state index contributed by atoms with van der Waals surface area (Å²) in [6.45, 7) is 5.61. The SMILES string of the molecule is CCn1c(=O)[nH]c2c(N3CCN(c4ccc(F)cc4)CC3)ncnc21. The van der Waals surface area contributed by atoms with E-state index in [-0.39, 0.29) is 11.5 Å². The average molecular weight is 342 g/mol. The maximum absolute atomic E-state index is 13.1. The van der Waals surface area contributed by atoms with Crippen molar-refractivity contribution in [3.05, 3.63) is 46.9 Å². The molecule has 8 heteroatoms. The number of fused-ring (bicyclic) bond motifs is 1. The fourth-order valence-corrected chi connectivity index (χ4v) is 3.32. The molecule has 3 aromatic rings. The molecule has 130 valence electrons. The van der Waals surface area contributed by atoms with Crippen molar-refractivity contribution >= 4 is 22.7 Å². The highest BCUT2D eigenvalue weighted by Crippen LogP contribution is 2.23. The number of nitrogens with zero attached hydrogens (tertiary/aromatic N) is 5. The predicted octanol–water partition coefficient (Wildman–Crippen LogP) is 1.61. The third kappa shape index (κ3) is 2.73. The van der Waals surface area contributed by atoms with Crippen molar-refractivity contribution < 1.29 is 4.39 Å². The Hall–Kier alpha value is -2.90. The Morgan fingerprint density at radius 1 is 1.08 bits per heavy atom. The second-order valence-electron chi connectivity index (χ2n) is 6.02. The van der Waals surface area contributed by atoms with E-state index < -0.39 is 0 Å². The zero-order valence-corrected chi connectivity index (χ0v) is 13.9. The van der Waals surface area contributed by atoms with Crippen molar-refractivity contribution in [2.75, 3.05) is 36.0 Å². The number of anilines is 2. The highest BCUT2D eigenvalue weighted by Gasteiger charge is 2.22. The maximum atomic E-state index is 13.1. The number of H-pyrrole nitrogens is 1. The summed E-state index contributed by atoms with van der Waals surface area (Å²) in [6.07, 6.45) is 1.50. The molecule has 1 fully saturated rings.